The zero-order chi connectivity index (χ0) is 14.3. The molecule has 0 aliphatic heterocycles. The van der Waals surface area contributed by atoms with E-state index in [9.17, 15) is 0 Å². The second-order valence-electron chi connectivity index (χ2n) is 4.58. The summed E-state index contributed by atoms with van der Waals surface area (Å²) in [4.78, 5) is 4.59. The van der Waals surface area contributed by atoms with Crippen LogP contribution in [0.4, 0.5) is 0 Å². The summed E-state index contributed by atoms with van der Waals surface area (Å²) in [7, 11) is 0. The van der Waals surface area contributed by atoms with Crippen molar-refractivity contribution in [1.82, 2.24) is 10.6 Å². The van der Waals surface area contributed by atoms with Crippen molar-refractivity contribution < 1.29 is 4.42 Å². The van der Waals surface area contributed by atoms with Crippen LogP contribution in [0.3, 0.4) is 0 Å². The summed E-state index contributed by atoms with van der Waals surface area (Å²) < 4.78 is 5.62. The van der Waals surface area contributed by atoms with Gasteiger partial charge in [-0.25, -0.2) is 0 Å². The molecule has 0 aliphatic rings. The minimum Gasteiger partial charge on any atom is -0.464 e. The monoisotopic (exact) mass is 411 g/mol. The molecule has 116 valence electrons. The number of hydrogen-bond acceptors (Lipinski definition) is 3. The summed E-state index contributed by atoms with van der Waals surface area (Å²) in [5.41, 5.74) is 0. The van der Waals surface area contributed by atoms with Crippen molar-refractivity contribution in [1.29, 1.82) is 0 Å². The van der Waals surface area contributed by atoms with Crippen LogP contribution in [-0.4, -0.2) is 30.6 Å². The summed E-state index contributed by atoms with van der Waals surface area (Å²) in [5, 5.41) is 7.14. The van der Waals surface area contributed by atoms with Crippen molar-refractivity contribution in [3.8, 4) is 0 Å². The smallest absolute Gasteiger partial charge is 0.191 e. The van der Waals surface area contributed by atoms with Gasteiger partial charge in [0.1, 0.15) is 11.5 Å². The SMILES string of the molecule is CCNC(=NCC(C)SC)NC(C)c1ccc(C)o1.I. The van der Waals surface area contributed by atoms with Gasteiger partial charge in [0.15, 0.2) is 5.96 Å². The van der Waals surface area contributed by atoms with E-state index in [2.05, 4.69) is 42.7 Å². The molecule has 6 heteroatoms. The molecule has 1 heterocycles. The highest BCUT2D eigenvalue weighted by atomic mass is 127. The molecule has 4 nitrogen and oxygen atoms in total. The maximum Gasteiger partial charge on any atom is 0.191 e. The van der Waals surface area contributed by atoms with Crippen LogP contribution >= 0.6 is 35.7 Å². The van der Waals surface area contributed by atoms with Crippen LogP contribution < -0.4 is 10.6 Å². The average molecular weight is 411 g/mol. The third kappa shape index (κ3) is 6.88. The number of hydrogen-bond donors (Lipinski definition) is 2. The molecule has 2 N–H and O–H groups in total. The third-order valence-corrected chi connectivity index (χ3v) is 3.75. The zero-order valence-electron chi connectivity index (χ0n) is 12.9. The average Bonchev–Trinajstić information content (AvgIpc) is 2.82. The van der Waals surface area contributed by atoms with Crippen LogP contribution in [0.25, 0.3) is 0 Å². The lowest BCUT2D eigenvalue weighted by atomic mass is 10.2. The Balaban J connectivity index is 0.00000361. The van der Waals surface area contributed by atoms with Crippen molar-refractivity contribution in [2.24, 2.45) is 4.99 Å². The van der Waals surface area contributed by atoms with Crippen molar-refractivity contribution in [2.45, 2.75) is 39.0 Å². The fourth-order valence-electron chi connectivity index (χ4n) is 1.58. The standard InChI is InChI=1S/C14H25N3OS.HI/c1-6-15-14(16-9-11(3)19-5)17-12(4)13-8-7-10(2)18-13;/h7-8,11-12H,6,9H2,1-5H3,(H2,15,16,17);1H. The quantitative estimate of drug-likeness (QED) is 0.427. The molecular formula is C14H26IN3OS. The van der Waals surface area contributed by atoms with E-state index in [1.165, 1.54) is 0 Å². The lowest BCUT2D eigenvalue weighted by Gasteiger charge is -2.16. The molecule has 1 rings (SSSR count). The number of nitrogens with one attached hydrogen (secondary N) is 2. The Hall–Kier alpha value is -0.370. The minimum absolute atomic E-state index is 0. The maximum atomic E-state index is 5.62. The largest absolute Gasteiger partial charge is 0.464 e. The first-order chi connectivity index (χ1) is 9.06. The van der Waals surface area contributed by atoms with Crippen LogP contribution in [0.5, 0.6) is 0 Å². The number of aryl methyl sites for hydroxylation is 1. The van der Waals surface area contributed by atoms with E-state index in [0.717, 1.165) is 30.6 Å². The first kappa shape index (κ1) is 19.6. The fraction of sp³-hybridized carbons (Fsp3) is 0.643. The van der Waals surface area contributed by atoms with Gasteiger partial charge in [0.05, 0.1) is 12.6 Å². The fourth-order valence-corrected chi connectivity index (χ4v) is 1.80. The van der Waals surface area contributed by atoms with E-state index >= 15 is 0 Å². The van der Waals surface area contributed by atoms with Gasteiger partial charge in [-0.05, 0) is 39.2 Å². The maximum absolute atomic E-state index is 5.62. The number of nitrogens with zero attached hydrogens (tertiary/aromatic N) is 1. The van der Waals surface area contributed by atoms with E-state index in [4.69, 9.17) is 4.42 Å². The molecule has 2 atom stereocenters. The molecule has 0 aliphatic carbocycles. The number of aliphatic imine (C=N–C) groups is 1. The van der Waals surface area contributed by atoms with Crippen molar-refractivity contribution in [2.75, 3.05) is 19.3 Å². The molecule has 0 spiro atoms. The van der Waals surface area contributed by atoms with Gasteiger partial charge in [0.25, 0.3) is 0 Å². The number of halogens is 1. The van der Waals surface area contributed by atoms with Gasteiger partial charge in [0.2, 0.25) is 0 Å². The summed E-state index contributed by atoms with van der Waals surface area (Å²) in [6, 6.07) is 4.09. The van der Waals surface area contributed by atoms with E-state index < -0.39 is 0 Å². The molecule has 0 amide bonds. The highest BCUT2D eigenvalue weighted by molar-refractivity contribution is 14.0. The Morgan fingerprint density at radius 1 is 1.40 bits per heavy atom. The zero-order valence-corrected chi connectivity index (χ0v) is 16.0. The Morgan fingerprint density at radius 2 is 2.10 bits per heavy atom. The van der Waals surface area contributed by atoms with E-state index in [0.29, 0.717) is 5.25 Å². The number of guanidine groups is 1. The Kier molecular flexibility index (Phi) is 10.2. The normalized spacial score (nSPS) is 14.3. The molecule has 2 unspecified atom stereocenters. The summed E-state index contributed by atoms with van der Waals surface area (Å²) in [6.45, 7) is 9.93. The predicted octanol–water partition coefficient (Wildman–Crippen LogP) is 3.57. The topological polar surface area (TPSA) is 49.6 Å². The molecular weight excluding hydrogens is 385 g/mol. The molecule has 0 saturated carbocycles. The minimum atomic E-state index is 0. The van der Waals surface area contributed by atoms with Crippen molar-refractivity contribution in [3.63, 3.8) is 0 Å². The summed E-state index contributed by atoms with van der Waals surface area (Å²) >= 11 is 1.82. The van der Waals surface area contributed by atoms with Gasteiger partial charge < -0.3 is 15.1 Å². The van der Waals surface area contributed by atoms with E-state index in [1.807, 2.05) is 30.8 Å². The predicted molar refractivity (Wildman–Crippen MR) is 99.4 cm³/mol. The van der Waals surface area contributed by atoms with E-state index in [-0.39, 0.29) is 30.0 Å². The van der Waals surface area contributed by atoms with Crippen LogP contribution in [0.2, 0.25) is 0 Å². The summed E-state index contributed by atoms with van der Waals surface area (Å²) in [5.74, 6) is 2.70. The summed E-state index contributed by atoms with van der Waals surface area (Å²) in [6.07, 6.45) is 2.11. The lowest BCUT2D eigenvalue weighted by molar-refractivity contribution is 0.441. The van der Waals surface area contributed by atoms with Gasteiger partial charge in [-0.1, -0.05) is 6.92 Å². The second-order valence-corrected chi connectivity index (χ2v) is 5.86. The molecule has 0 radical (unpaired) electrons. The van der Waals surface area contributed by atoms with Crippen molar-refractivity contribution >= 4 is 41.7 Å². The van der Waals surface area contributed by atoms with Gasteiger partial charge in [-0.15, -0.1) is 24.0 Å². The van der Waals surface area contributed by atoms with Crippen molar-refractivity contribution in [3.05, 3.63) is 23.7 Å². The first-order valence-corrected chi connectivity index (χ1v) is 7.99. The molecule has 0 saturated heterocycles. The Labute approximate surface area is 143 Å². The van der Waals surface area contributed by atoms with Gasteiger partial charge in [-0.3, -0.25) is 4.99 Å². The third-order valence-electron chi connectivity index (χ3n) is 2.79. The first-order valence-electron chi connectivity index (χ1n) is 6.70. The molecule has 0 bridgehead atoms. The highest BCUT2D eigenvalue weighted by Gasteiger charge is 2.11. The number of furan rings is 1. The van der Waals surface area contributed by atoms with Crippen LogP contribution in [0.1, 0.15) is 38.3 Å². The molecule has 0 aromatic carbocycles. The van der Waals surface area contributed by atoms with Gasteiger partial charge in [0, 0.05) is 11.8 Å². The van der Waals surface area contributed by atoms with Gasteiger partial charge in [-0.2, -0.15) is 11.8 Å². The lowest BCUT2D eigenvalue weighted by Crippen LogP contribution is -2.39. The van der Waals surface area contributed by atoms with Crippen LogP contribution in [0, 0.1) is 6.92 Å². The molecule has 20 heavy (non-hydrogen) atoms. The number of thioether (sulfide) groups is 1. The Morgan fingerprint density at radius 3 is 2.60 bits per heavy atom. The number of rotatable bonds is 6. The molecule has 1 aromatic rings. The van der Waals surface area contributed by atoms with E-state index in [1.54, 1.807) is 0 Å². The highest BCUT2D eigenvalue weighted by Crippen LogP contribution is 2.15. The van der Waals surface area contributed by atoms with Crippen LogP contribution in [-0.2, 0) is 0 Å². The molecule has 0 fully saturated rings. The van der Waals surface area contributed by atoms with Crippen LogP contribution in [0.15, 0.2) is 21.5 Å². The second kappa shape index (κ2) is 10.4. The Bertz CT molecular complexity index is 409. The van der Waals surface area contributed by atoms with Gasteiger partial charge >= 0.3 is 0 Å². The molecule has 1 aromatic heterocycles.